The molecule has 0 amide bonds. The minimum absolute atomic E-state index is 0.000374. The molecule has 0 N–H and O–H groups in total. The second kappa shape index (κ2) is 9.95. The van der Waals surface area contributed by atoms with Crippen molar-refractivity contribution in [2.24, 2.45) is 11.3 Å². The van der Waals surface area contributed by atoms with Crippen molar-refractivity contribution in [1.29, 1.82) is 0 Å². The molecule has 0 unspecified atom stereocenters. The van der Waals surface area contributed by atoms with Gasteiger partial charge in [0.1, 0.15) is 10.6 Å². The summed E-state index contributed by atoms with van der Waals surface area (Å²) in [5, 5.41) is 12.6. The number of aromatic nitrogens is 2. The van der Waals surface area contributed by atoms with E-state index in [1.807, 2.05) is 30.3 Å². The molecule has 7 nitrogen and oxygen atoms in total. The number of thiophene rings is 1. The number of hydrogen-bond acceptors (Lipinski definition) is 7. The van der Waals surface area contributed by atoms with Crippen molar-refractivity contribution in [3.05, 3.63) is 85.0 Å². The van der Waals surface area contributed by atoms with Gasteiger partial charge in [0.2, 0.25) is 0 Å². The summed E-state index contributed by atoms with van der Waals surface area (Å²) in [5.74, 6) is 1.50. The van der Waals surface area contributed by atoms with Crippen LogP contribution >= 0.6 is 23.1 Å². The van der Waals surface area contributed by atoms with E-state index in [2.05, 4.69) is 20.8 Å². The molecule has 5 rings (SSSR count). The van der Waals surface area contributed by atoms with E-state index < -0.39 is 4.92 Å². The Morgan fingerprint density at radius 3 is 2.65 bits per heavy atom. The topological polar surface area (TPSA) is 87.3 Å². The van der Waals surface area contributed by atoms with Crippen LogP contribution in [0, 0.1) is 21.4 Å². The quantitative estimate of drug-likeness (QED) is 0.117. The molecule has 9 heteroatoms. The van der Waals surface area contributed by atoms with Crippen LogP contribution in [0.15, 0.2) is 58.5 Å². The zero-order valence-corrected chi connectivity index (χ0v) is 22.9. The number of hydrogen-bond donors (Lipinski definition) is 0. The van der Waals surface area contributed by atoms with Gasteiger partial charge in [0.25, 0.3) is 11.2 Å². The molecule has 0 saturated heterocycles. The van der Waals surface area contributed by atoms with E-state index in [4.69, 9.17) is 9.72 Å². The molecule has 0 bridgehead atoms. The fraction of sp³-hybridized carbons (Fsp3) is 0.357. The predicted octanol–water partition coefficient (Wildman–Crippen LogP) is 6.81. The summed E-state index contributed by atoms with van der Waals surface area (Å²) in [6, 6.07) is 14.1. The second-order valence-electron chi connectivity index (χ2n) is 10.4. The Balaban J connectivity index is 1.61. The number of para-hydroxylation sites is 1. The van der Waals surface area contributed by atoms with Gasteiger partial charge in [-0.25, -0.2) is 4.98 Å². The SMILES string of the molecule is COc1ccc([N+](=O)[O-])cc1CSc1nc2sc3c(c2c(=O)n1-c1ccccc1)CC[C@H](C(C)(C)C)C3. The van der Waals surface area contributed by atoms with Gasteiger partial charge in [-0.05, 0) is 54.4 Å². The maximum Gasteiger partial charge on any atom is 0.270 e. The van der Waals surface area contributed by atoms with Crippen LogP contribution in [0.4, 0.5) is 5.69 Å². The molecule has 0 saturated carbocycles. The fourth-order valence-corrected chi connectivity index (χ4v) is 7.31. The zero-order chi connectivity index (χ0) is 26.3. The third-order valence-corrected chi connectivity index (χ3v) is 9.26. The lowest BCUT2D eigenvalue weighted by molar-refractivity contribution is -0.384. The first-order chi connectivity index (χ1) is 17.7. The highest BCUT2D eigenvalue weighted by Gasteiger charge is 2.32. The van der Waals surface area contributed by atoms with Gasteiger partial charge < -0.3 is 4.74 Å². The highest BCUT2D eigenvalue weighted by molar-refractivity contribution is 7.98. The van der Waals surface area contributed by atoms with Gasteiger partial charge in [0.15, 0.2) is 5.16 Å². The van der Waals surface area contributed by atoms with E-state index in [0.29, 0.717) is 28.1 Å². The number of ether oxygens (including phenoxy) is 1. The van der Waals surface area contributed by atoms with Crippen LogP contribution in [-0.4, -0.2) is 21.6 Å². The summed E-state index contributed by atoms with van der Waals surface area (Å²) in [6.45, 7) is 6.86. The second-order valence-corrected chi connectivity index (χ2v) is 12.4. The van der Waals surface area contributed by atoms with Crippen molar-refractivity contribution in [1.82, 2.24) is 9.55 Å². The number of aryl methyl sites for hydroxylation is 1. The molecule has 37 heavy (non-hydrogen) atoms. The first kappa shape index (κ1) is 25.5. The summed E-state index contributed by atoms with van der Waals surface area (Å²) in [7, 11) is 1.54. The van der Waals surface area contributed by atoms with Crippen LogP contribution in [0.5, 0.6) is 5.75 Å². The Morgan fingerprint density at radius 1 is 1.22 bits per heavy atom. The lowest BCUT2D eigenvalue weighted by Crippen LogP contribution is -2.27. The van der Waals surface area contributed by atoms with Crippen molar-refractivity contribution in [3.63, 3.8) is 0 Å². The van der Waals surface area contributed by atoms with Crippen LogP contribution in [-0.2, 0) is 18.6 Å². The molecular weight excluding hydrogens is 506 g/mol. The standard InChI is InChI=1S/C28H29N3O4S2/c1-28(2,3)18-10-12-21-23(15-18)37-25-24(21)26(32)30(19-8-6-5-7-9-19)27(29-25)36-16-17-14-20(31(33)34)11-13-22(17)35-4/h5-9,11,13-14,18H,10,12,15-16H2,1-4H3/t18-/m0/s1. The highest BCUT2D eigenvalue weighted by Crippen LogP contribution is 2.42. The predicted molar refractivity (Wildman–Crippen MR) is 149 cm³/mol. The minimum atomic E-state index is -0.418. The number of nitro benzene ring substituents is 1. The highest BCUT2D eigenvalue weighted by atomic mass is 32.2. The van der Waals surface area contributed by atoms with Crippen LogP contribution < -0.4 is 10.3 Å². The van der Waals surface area contributed by atoms with Gasteiger partial charge in [0.05, 0.1) is 23.1 Å². The number of rotatable bonds is 6. The van der Waals surface area contributed by atoms with E-state index in [1.54, 1.807) is 29.1 Å². The Labute approximate surface area is 223 Å². The molecular formula is C28H29N3O4S2. The number of benzene rings is 2. The van der Waals surface area contributed by atoms with Crippen molar-refractivity contribution >= 4 is 39.0 Å². The maximum atomic E-state index is 14.0. The third-order valence-electron chi connectivity index (χ3n) is 7.12. The Bertz CT molecular complexity index is 1540. The number of thioether (sulfide) groups is 1. The van der Waals surface area contributed by atoms with Gasteiger partial charge >= 0.3 is 0 Å². The van der Waals surface area contributed by atoms with E-state index in [-0.39, 0.29) is 16.7 Å². The van der Waals surface area contributed by atoms with Crippen LogP contribution in [0.25, 0.3) is 15.9 Å². The summed E-state index contributed by atoms with van der Waals surface area (Å²) in [5.41, 5.74) is 2.73. The van der Waals surface area contributed by atoms with Crippen molar-refractivity contribution in [2.75, 3.05) is 7.11 Å². The number of methoxy groups -OCH3 is 1. The van der Waals surface area contributed by atoms with E-state index >= 15 is 0 Å². The summed E-state index contributed by atoms with van der Waals surface area (Å²) >= 11 is 3.02. The largest absolute Gasteiger partial charge is 0.496 e. The van der Waals surface area contributed by atoms with Gasteiger partial charge in [-0.15, -0.1) is 11.3 Å². The molecule has 4 aromatic rings. The maximum absolute atomic E-state index is 14.0. The van der Waals surface area contributed by atoms with Gasteiger partial charge in [-0.3, -0.25) is 19.5 Å². The molecule has 2 aromatic carbocycles. The molecule has 2 heterocycles. The summed E-state index contributed by atoms with van der Waals surface area (Å²) in [4.78, 5) is 32.0. The molecule has 192 valence electrons. The average molecular weight is 536 g/mol. The lowest BCUT2D eigenvalue weighted by atomic mass is 9.72. The molecule has 1 aliphatic rings. The van der Waals surface area contributed by atoms with E-state index in [1.165, 1.54) is 28.8 Å². The fourth-order valence-electron chi connectivity index (χ4n) is 4.98. The minimum Gasteiger partial charge on any atom is -0.496 e. The van der Waals surface area contributed by atoms with Crippen molar-refractivity contribution in [3.8, 4) is 11.4 Å². The lowest BCUT2D eigenvalue weighted by Gasteiger charge is -2.33. The average Bonchev–Trinajstić information content (AvgIpc) is 3.25. The monoisotopic (exact) mass is 535 g/mol. The van der Waals surface area contributed by atoms with Crippen LogP contribution in [0.2, 0.25) is 0 Å². The summed E-state index contributed by atoms with van der Waals surface area (Å²) in [6.07, 6.45) is 2.93. The number of nitro groups is 1. The van der Waals surface area contributed by atoms with E-state index in [0.717, 1.165) is 40.7 Å². The van der Waals surface area contributed by atoms with Gasteiger partial charge in [0, 0.05) is 28.3 Å². The molecule has 0 radical (unpaired) electrons. The first-order valence-corrected chi connectivity index (χ1v) is 14.0. The molecule has 0 fully saturated rings. The number of non-ortho nitro benzene ring substituents is 1. The Kier molecular flexibility index (Phi) is 6.85. The number of fused-ring (bicyclic) bond motifs is 3. The molecule has 2 aromatic heterocycles. The first-order valence-electron chi connectivity index (χ1n) is 12.2. The number of nitrogens with zero attached hydrogens (tertiary/aromatic N) is 3. The molecule has 1 aliphatic carbocycles. The normalized spacial score (nSPS) is 15.5. The van der Waals surface area contributed by atoms with Gasteiger partial charge in [-0.2, -0.15) is 0 Å². The smallest absolute Gasteiger partial charge is 0.270 e. The zero-order valence-electron chi connectivity index (χ0n) is 21.3. The van der Waals surface area contributed by atoms with Crippen LogP contribution in [0.1, 0.15) is 43.2 Å². The Hall–Kier alpha value is -3.17. The third kappa shape index (κ3) is 4.90. The van der Waals surface area contributed by atoms with E-state index in [9.17, 15) is 14.9 Å². The van der Waals surface area contributed by atoms with Crippen molar-refractivity contribution < 1.29 is 9.66 Å². The Morgan fingerprint density at radius 2 is 1.97 bits per heavy atom. The van der Waals surface area contributed by atoms with Crippen molar-refractivity contribution in [2.45, 2.75) is 50.9 Å². The molecule has 0 spiro atoms. The van der Waals surface area contributed by atoms with Crippen LogP contribution in [0.3, 0.4) is 0 Å². The summed E-state index contributed by atoms with van der Waals surface area (Å²) < 4.78 is 7.13. The molecule has 1 atom stereocenters. The molecule has 0 aliphatic heterocycles. The van der Waals surface area contributed by atoms with Gasteiger partial charge in [-0.1, -0.05) is 50.7 Å².